The molecule has 0 bridgehead atoms. The van der Waals surface area contributed by atoms with Crippen molar-refractivity contribution >= 4 is 24.5 Å². The second-order valence-electron chi connectivity index (χ2n) is 6.76. The van der Waals surface area contributed by atoms with E-state index in [4.69, 9.17) is 4.74 Å². The molecular formula is C20H21ClN2O4. The van der Waals surface area contributed by atoms with Crippen LogP contribution in [0.2, 0.25) is 0 Å². The van der Waals surface area contributed by atoms with Crippen molar-refractivity contribution in [2.75, 3.05) is 19.7 Å². The summed E-state index contributed by atoms with van der Waals surface area (Å²) < 4.78 is 5.44. The molecule has 0 radical (unpaired) electrons. The zero-order valence-electron chi connectivity index (χ0n) is 14.6. The van der Waals surface area contributed by atoms with Gasteiger partial charge in [-0.3, -0.25) is 0 Å². The zero-order valence-corrected chi connectivity index (χ0v) is 15.4. The molecule has 6 nitrogen and oxygen atoms in total. The predicted molar refractivity (Wildman–Crippen MR) is 103 cm³/mol. The highest BCUT2D eigenvalue weighted by Crippen LogP contribution is 2.44. The van der Waals surface area contributed by atoms with Gasteiger partial charge in [0.05, 0.1) is 0 Å². The highest BCUT2D eigenvalue weighted by molar-refractivity contribution is 5.86. The van der Waals surface area contributed by atoms with Crippen molar-refractivity contribution in [3.05, 3.63) is 59.7 Å². The fourth-order valence-corrected chi connectivity index (χ4v) is 3.86. The lowest BCUT2D eigenvalue weighted by Gasteiger charge is -2.24. The van der Waals surface area contributed by atoms with Gasteiger partial charge in [0.25, 0.3) is 0 Å². The molecule has 1 atom stereocenters. The van der Waals surface area contributed by atoms with Gasteiger partial charge in [-0.1, -0.05) is 48.5 Å². The Balaban J connectivity index is 0.00000210. The number of carbonyl (C=O) groups is 2. The third-order valence-electron chi connectivity index (χ3n) is 5.25. The van der Waals surface area contributed by atoms with Gasteiger partial charge in [-0.15, -0.1) is 12.4 Å². The van der Waals surface area contributed by atoms with Gasteiger partial charge in [-0.2, -0.15) is 0 Å². The van der Waals surface area contributed by atoms with Crippen molar-refractivity contribution in [3.8, 4) is 11.1 Å². The standard InChI is InChI=1S/C20H20N2O4.ClH/c23-18(24)20(9-10-21-12-20)22-19(25)26-11-17-15-7-3-1-5-13(15)14-6-2-4-8-16(14)17;/h1-8,17,21H,9-12H2,(H,22,25)(H,23,24);1H/t20-;/m0./s1. The fraction of sp³-hybridized carbons (Fsp3) is 0.300. The summed E-state index contributed by atoms with van der Waals surface area (Å²) in [6.07, 6.45) is -0.357. The molecule has 1 fully saturated rings. The number of rotatable bonds is 4. The topological polar surface area (TPSA) is 87.7 Å². The molecule has 2 aromatic carbocycles. The SMILES string of the molecule is Cl.O=C(N[C@@]1(C(=O)O)CCNC1)OCC1c2ccccc2-c2ccccc21. The molecule has 2 aliphatic rings. The van der Waals surface area contributed by atoms with Crippen LogP contribution in [0.1, 0.15) is 23.5 Å². The molecule has 4 rings (SSSR count). The van der Waals surface area contributed by atoms with Crippen molar-refractivity contribution in [3.63, 3.8) is 0 Å². The van der Waals surface area contributed by atoms with Crippen LogP contribution >= 0.6 is 12.4 Å². The maximum atomic E-state index is 12.3. The van der Waals surface area contributed by atoms with E-state index < -0.39 is 17.6 Å². The van der Waals surface area contributed by atoms with Crippen LogP contribution < -0.4 is 10.6 Å². The monoisotopic (exact) mass is 388 g/mol. The lowest BCUT2D eigenvalue weighted by molar-refractivity contribution is -0.143. The van der Waals surface area contributed by atoms with Gasteiger partial charge < -0.3 is 20.5 Å². The van der Waals surface area contributed by atoms with E-state index in [2.05, 4.69) is 22.8 Å². The average Bonchev–Trinajstić information content (AvgIpc) is 3.24. The van der Waals surface area contributed by atoms with Crippen LogP contribution in [0.25, 0.3) is 11.1 Å². The van der Waals surface area contributed by atoms with Crippen molar-refractivity contribution in [1.82, 2.24) is 10.6 Å². The van der Waals surface area contributed by atoms with Crippen molar-refractivity contribution in [1.29, 1.82) is 0 Å². The quantitative estimate of drug-likeness (QED) is 0.749. The maximum absolute atomic E-state index is 12.3. The van der Waals surface area contributed by atoms with Gasteiger partial charge in [-0.05, 0) is 35.2 Å². The summed E-state index contributed by atoms with van der Waals surface area (Å²) in [5, 5.41) is 15.0. The minimum Gasteiger partial charge on any atom is -0.479 e. The van der Waals surface area contributed by atoms with Crippen LogP contribution in [0.3, 0.4) is 0 Å². The molecule has 1 heterocycles. The summed E-state index contributed by atoms with van der Waals surface area (Å²) in [4.78, 5) is 23.8. The number of carboxylic acids is 1. The molecule has 1 amide bonds. The first-order valence-electron chi connectivity index (χ1n) is 8.68. The van der Waals surface area contributed by atoms with Crippen molar-refractivity contribution in [2.24, 2.45) is 0 Å². The maximum Gasteiger partial charge on any atom is 0.408 e. The number of carbonyl (C=O) groups excluding carboxylic acids is 1. The highest BCUT2D eigenvalue weighted by atomic mass is 35.5. The number of fused-ring (bicyclic) bond motifs is 3. The van der Waals surface area contributed by atoms with Gasteiger partial charge >= 0.3 is 12.1 Å². The molecule has 3 N–H and O–H groups in total. The van der Waals surface area contributed by atoms with E-state index in [0.717, 1.165) is 22.3 Å². The molecule has 7 heteroatoms. The van der Waals surface area contributed by atoms with E-state index >= 15 is 0 Å². The van der Waals surface area contributed by atoms with E-state index in [1.54, 1.807) is 0 Å². The van der Waals surface area contributed by atoms with Crippen LogP contribution in [0.5, 0.6) is 0 Å². The van der Waals surface area contributed by atoms with Gasteiger partial charge in [0.2, 0.25) is 0 Å². The minimum atomic E-state index is -1.29. The van der Waals surface area contributed by atoms with Crippen LogP contribution in [0.4, 0.5) is 4.79 Å². The zero-order chi connectivity index (χ0) is 18.1. The smallest absolute Gasteiger partial charge is 0.408 e. The van der Waals surface area contributed by atoms with Gasteiger partial charge in [0.15, 0.2) is 5.54 Å². The Labute approximate surface area is 163 Å². The van der Waals surface area contributed by atoms with Gasteiger partial charge in [0, 0.05) is 12.5 Å². The summed E-state index contributed by atoms with van der Waals surface area (Å²) in [6.45, 7) is 0.922. The molecule has 0 unspecified atom stereocenters. The summed E-state index contributed by atoms with van der Waals surface area (Å²) in [7, 11) is 0. The van der Waals surface area contributed by atoms with Gasteiger partial charge in [-0.25, -0.2) is 9.59 Å². The normalized spacial score (nSPS) is 20.3. The minimum absolute atomic E-state index is 0. The Bertz CT molecular complexity index is 819. The number of aliphatic carboxylic acids is 1. The van der Waals surface area contributed by atoms with E-state index in [-0.39, 0.29) is 31.5 Å². The average molecular weight is 389 g/mol. The number of ether oxygens (including phenoxy) is 1. The number of carboxylic acid groups (broad SMARTS) is 1. The summed E-state index contributed by atoms with van der Waals surface area (Å²) in [5.74, 6) is -1.09. The van der Waals surface area contributed by atoms with E-state index in [0.29, 0.717) is 13.0 Å². The Hall–Kier alpha value is -2.57. The van der Waals surface area contributed by atoms with Crippen molar-refractivity contribution in [2.45, 2.75) is 17.9 Å². The molecule has 2 aromatic rings. The first kappa shape index (κ1) is 19.2. The molecule has 0 spiro atoms. The van der Waals surface area contributed by atoms with Crippen molar-refractivity contribution < 1.29 is 19.4 Å². The summed E-state index contributed by atoms with van der Waals surface area (Å²) in [5.41, 5.74) is 3.26. The van der Waals surface area contributed by atoms with Gasteiger partial charge in [0.1, 0.15) is 6.61 Å². The van der Waals surface area contributed by atoms with E-state index in [1.807, 2.05) is 36.4 Å². The molecule has 0 saturated carbocycles. The Morgan fingerprint density at radius 2 is 1.70 bits per heavy atom. The number of nitrogens with one attached hydrogen (secondary N) is 2. The van der Waals surface area contributed by atoms with Crippen LogP contribution in [-0.2, 0) is 9.53 Å². The number of alkyl carbamates (subject to hydrolysis) is 1. The first-order valence-corrected chi connectivity index (χ1v) is 8.68. The second-order valence-corrected chi connectivity index (χ2v) is 6.76. The summed E-state index contributed by atoms with van der Waals surface area (Å²) in [6, 6.07) is 16.2. The molecule has 142 valence electrons. The largest absolute Gasteiger partial charge is 0.479 e. The van der Waals surface area contributed by atoms with Crippen LogP contribution in [-0.4, -0.2) is 42.4 Å². The Morgan fingerprint density at radius 3 is 2.22 bits per heavy atom. The number of amides is 1. The lowest BCUT2D eigenvalue weighted by Crippen LogP contribution is -2.56. The molecule has 1 aliphatic heterocycles. The highest BCUT2D eigenvalue weighted by Gasteiger charge is 2.43. The Morgan fingerprint density at radius 1 is 1.11 bits per heavy atom. The number of hydrogen-bond acceptors (Lipinski definition) is 4. The third-order valence-corrected chi connectivity index (χ3v) is 5.25. The number of halogens is 1. The van der Waals surface area contributed by atoms with Crippen LogP contribution in [0, 0.1) is 0 Å². The molecular weight excluding hydrogens is 368 g/mol. The molecule has 1 aliphatic carbocycles. The van der Waals surface area contributed by atoms with Crippen LogP contribution in [0.15, 0.2) is 48.5 Å². The molecule has 27 heavy (non-hydrogen) atoms. The van der Waals surface area contributed by atoms with E-state index in [1.165, 1.54) is 0 Å². The number of hydrogen-bond donors (Lipinski definition) is 3. The molecule has 0 aromatic heterocycles. The van der Waals surface area contributed by atoms with E-state index in [9.17, 15) is 14.7 Å². The lowest BCUT2D eigenvalue weighted by atomic mass is 9.98. The second kappa shape index (κ2) is 7.58. The molecule has 1 saturated heterocycles. The third kappa shape index (κ3) is 3.38. The number of benzene rings is 2. The predicted octanol–water partition coefficient (Wildman–Crippen LogP) is 2.76. The summed E-state index contributed by atoms with van der Waals surface area (Å²) >= 11 is 0. The fourth-order valence-electron chi connectivity index (χ4n) is 3.86. The first-order chi connectivity index (χ1) is 12.6. The Kier molecular flexibility index (Phi) is 5.39.